The summed E-state index contributed by atoms with van der Waals surface area (Å²) in [7, 11) is 0. The SMILES string of the molecule is NC(=O)c1ccccc1NC(=O)CNc1cc(Cl)ccc1Cl. The zero-order valence-corrected chi connectivity index (χ0v) is 12.9. The minimum atomic E-state index is -0.609. The molecule has 22 heavy (non-hydrogen) atoms. The van der Waals surface area contributed by atoms with Crippen LogP contribution in [0.4, 0.5) is 11.4 Å². The van der Waals surface area contributed by atoms with Gasteiger partial charge in [-0.1, -0.05) is 35.3 Å². The summed E-state index contributed by atoms with van der Waals surface area (Å²) < 4.78 is 0. The van der Waals surface area contributed by atoms with Crippen LogP contribution in [0.1, 0.15) is 10.4 Å². The van der Waals surface area contributed by atoms with Crippen LogP contribution in [-0.4, -0.2) is 18.4 Å². The van der Waals surface area contributed by atoms with Crippen molar-refractivity contribution < 1.29 is 9.59 Å². The zero-order chi connectivity index (χ0) is 16.1. The maximum absolute atomic E-state index is 12.0. The van der Waals surface area contributed by atoms with Crippen molar-refractivity contribution in [2.75, 3.05) is 17.2 Å². The number of anilines is 2. The average molecular weight is 338 g/mol. The first-order valence-corrected chi connectivity index (χ1v) is 7.10. The monoisotopic (exact) mass is 337 g/mol. The van der Waals surface area contributed by atoms with E-state index in [1.54, 1.807) is 42.5 Å². The molecule has 2 rings (SSSR count). The molecule has 0 aliphatic heterocycles. The number of rotatable bonds is 5. The number of hydrogen-bond donors (Lipinski definition) is 3. The fraction of sp³-hybridized carbons (Fsp3) is 0.0667. The molecule has 0 radical (unpaired) electrons. The van der Waals surface area contributed by atoms with Crippen LogP contribution in [0.2, 0.25) is 10.0 Å². The second kappa shape index (κ2) is 7.15. The van der Waals surface area contributed by atoms with Crippen molar-refractivity contribution in [1.29, 1.82) is 0 Å². The lowest BCUT2D eigenvalue weighted by Gasteiger charge is -2.11. The number of para-hydroxylation sites is 1. The van der Waals surface area contributed by atoms with Crippen LogP contribution < -0.4 is 16.4 Å². The summed E-state index contributed by atoms with van der Waals surface area (Å²) in [5.41, 5.74) is 6.41. The molecule has 4 N–H and O–H groups in total. The van der Waals surface area contributed by atoms with Gasteiger partial charge in [0.15, 0.2) is 0 Å². The molecule has 0 atom stereocenters. The van der Waals surface area contributed by atoms with E-state index in [4.69, 9.17) is 28.9 Å². The van der Waals surface area contributed by atoms with Crippen molar-refractivity contribution in [2.45, 2.75) is 0 Å². The number of amides is 2. The molecule has 0 saturated carbocycles. The van der Waals surface area contributed by atoms with Gasteiger partial charge in [0, 0.05) is 5.02 Å². The smallest absolute Gasteiger partial charge is 0.250 e. The van der Waals surface area contributed by atoms with Gasteiger partial charge in [0.2, 0.25) is 5.91 Å². The molecule has 7 heteroatoms. The number of benzene rings is 2. The Hall–Kier alpha value is -2.24. The van der Waals surface area contributed by atoms with Gasteiger partial charge in [-0.05, 0) is 30.3 Å². The lowest BCUT2D eigenvalue weighted by atomic mass is 10.1. The largest absolute Gasteiger partial charge is 0.375 e. The highest BCUT2D eigenvalue weighted by atomic mass is 35.5. The molecule has 0 fully saturated rings. The van der Waals surface area contributed by atoms with Gasteiger partial charge < -0.3 is 16.4 Å². The summed E-state index contributed by atoms with van der Waals surface area (Å²) in [6.45, 7) is -0.0346. The van der Waals surface area contributed by atoms with Crippen LogP contribution >= 0.6 is 23.2 Å². The fourth-order valence-electron chi connectivity index (χ4n) is 1.81. The van der Waals surface area contributed by atoms with E-state index in [1.807, 2.05) is 0 Å². The number of hydrogen-bond acceptors (Lipinski definition) is 3. The summed E-state index contributed by atoms with van der Waals surface area (Å²) >= 11 is 11.9. The quantitative estimate of drug-likeness (QED) is 0.783. The average Bonchev–Trinajstić information content (AvgIpc) is 2.48. The maximum atomic E-state index is 12.0. The standard InChI is InChI=1S/C15H13Cl2N3O2/c16-9-5-6-11(17)13(7-9)19-8-14(21)20-12-4-2-1-3-10(12)15(18)22/h1-7,19H,8H2,(H2,18,22)(H,20,21). The summed E-state index contributed by atoms with van der Waals surface area (Å²) in [5, 5.41) is 6.46. The number of carbonyl (C=O) groups is 2. The van der Waals surface area contributed by atoms with Crippen LogP contribution in [0.25, 0.3) is 0 Å². The number of nitrogens with two attached hydrogens (primary N) is 1. The Bertz CT molecular complexity index is 720. The van der Waals surface area contributed by atoms with Crippen LogP contribution in [-0.2, 0) is 4.79 Å². The molecule has 0 unspecified atom stereocenters. The van der Waals surface area contributed by atoms with Gasteiger partial charge in [0.25, 0.3) is 5.91 Å². The molecule has 5 nitrogen and oxygen atoms in total. The van der Waals surface area contributed by atoms with E-state index in [0.717, 1.165) is 0 Å². The maximum Gasteiger partial charge on any atom is 0.250 e. The minimum Gasteiger partial charge on any atom is -0.375 e. The van der Waals surface area contributed by atoms with Gasteiger partial charge in [0.05, 0.1) is 28.5 Å². The summed E-state index contributed by atoms with van der Waals surface area (Å²) in [6, 6.07) is 11.4. The van der Waals surface area contributed by atoms with Gasteiger partial charge in [-0.15, -0.1) is 0 Å². The van der Waals surface area contributed by atoms with Crippen molar-refractivity contribution in [2.24, 2.45) is 5.73 Å². The minimum absolute atomic E-state index is 0.0346. The number of halogens is 2. The lowest BCUT2D eigenvalue weighted by Crippen LogP contribution is -2.24. The third-order valence-corrected chi connectivity index (χ3v) is 3.40. The third kappa shape index (κ3) is 4.13. The fourth-order valence-corrected chi connectivity index (χ4v) is 2.17. The Morgan fingerprint density at radius 3 is 2.50 bits per heavy atom. The first-order chi connectivity index (χ1) is 10.5. The van der Waals surface area contributed by atoms with E-state index < -0.39 is 5.91 Å². The molecule has 0 aliphatic carbocycles. The molecule has 2 aromatic carbocycles. The first-order valence-electron chi connectivity index (χ1n) is 6.35. The van der Waals surface area contributed by atoms with Crippen molar-refractivity contribution in [3.8, 4) is 0 Å². The van der Waals surface area contributed by atoms with E-state index in [2.05, 4.69) is 10.6 Å². The number of carbonyl (C=O) groups excluding carboxylic acids is 2. The molecule has 0 spiro atoms. The van der Waals surface area contributed by atoms with Gasteiger partial charge in [-0.2, -0.15) is 0 Å². The van der Waals surface area contributed by atoms with E-state index in [9.17, 15) is 9.59 Å². The van der Waals surface area contributed by atoms with Crippen molar-refractivity contribution in [1.82, 2.24) is 0 Å². The van der Waals surface area contributed by atoms with Crippen molar-refractivity contribution in [3.63, 3.8) is 0 Å². The molecule has 2 amide bonds. The summed E-state index contributed by atoms with van der Waals surface area (Å²) in [4.78, 5) is 23.2. The highest BCUT2D eigenvalue weighted by molar-refractivity contribution is 6.35. The molecule has 0 saturated heterocycles. The second-order valence-electron chi connectivity index (χ2n) is 4.44. The van der Waals surface area contributed by atoms with Crippen LogP contribution in [0.3, 0.4) is 0 Å². The zero-order valence-electron chi connectivity index (χ0n) is 11.4. The highest BCUT2D eigenvalue weighted by Crippen LogP contribution is 2.25. The predicted molar refractivity (Wildman–Crippen MR) is 88.5 cm³/mol. The van der Waals surface area contributed by atoms with Crippen LogP contribution in [0.5, 0.6) is 0 Å². The Morgan fingerprint density at radius 2 is 1.77 bits per heavy atom. The first kappa shape index (κ1) is 16.1. The lowest BCUT2D eigenvalue weighted by molar-refractivity contribution is -0.114. The van der Waals surface area contributed by atoms with Crippen LogP contribution in [0, 0.1) is 0 Å². The topological polar surface area (TPSA) is 84.2 Å². The molecule has 0 heterocycles. The third-order valence-electron chi connectivity index (χ3n) is 2.83. The molecule has 0 bridgehead atoms. The Morgan fingerprint density at radius 1 is 1.05 bits per heavy atom. The Balaban J connectivity index is 2.02. The van der Waals surface area contributed by atoms with Gasteiger partial charge >= 0.3 is 0 Å². The molecule has 114 valence electrons. The van der Waals surface area contributed by atoms with Crippen molar-refractivity contribution >= 4 is 46.4 Å². The predicted octanol–water partition coefficient (Wildman–Crippen LogP) is 3.14. The van der Waals surface area contributed by atoms with Gasteiger partial charge in [-0.3, -0.25) is 9.59 Å². The molecule has 0 aliphatic rings. The molecule has 2 aromatic rings. The Labute approximate surface area is 137 Å². The highest BCUT2D eigenvalue weighted by Gasteiger charge is 2.10. The van der Waals surface area contributed by atoms with E-state index in [-0.39, 0.29) is 18.0 Å². The van der Waals surface area contributed by atoms with Crippen molar-refractivity contribution in [3.05, 3.63) is 58.1 Å². The summed E-state index contributed by atoms with van der Waals surface area (Å²) in [5.74, 6) is -0.952. The number of primary amides is 1. The molecular weight excluding hydrogens is 325 g/mol. The van der Waals surface area contributed by atoms with Crippen LogP contribution in [0.15, 0.2) is 42.5 Å². The summed E-state index contributed by atoms with van der Waals surface area (Å²) in [6.07, 6.45) is 0. The normalized spacial score (nSPS) is 10.1. The number of nitrogens with one attached hydrogen (secondary N) is 2. The van der Waals surface area contributed by atoms with Gasteiger partial charge in [0.1, 0.15) is 0 Å². The van der Waals surface area contributed by atoms with E-state index in [0.29, 0.717) is 21.4 Å². The second-order valence-corrected chi connectivity index (χ2v) is 5.28. The molecular formula is C15H13Cl2N3O2. The molecule has 0 aromatic heterocycles. The van der Waals surface area contributed by atoms with E-state index in [1.165, 1.54) is 0 Å². The van der Waals surface area contributed by atoms with E-state index >= 15 is 0 Å². The van der Waals surface area contributed by atoms with Gasteiger partial charge in [-0.25, -0.2) is 0 Å². The Kier molecular flexibility index (Phi) is 5.25.